The molecule has 154 valence electrons. The Balaban J connectivity index is 1.96. The van der Waals surface area contributed by atoms with E-state index < -0.39 is 0 Å². The van der Waals surface area contributed by atoms with Gasteiger partial charge in [0, 0.05) is 16.9 Å². The molecule has 0 bridgehead atoms. The highest BCUT2D eigenvalue weighted by molar-refractivity contribution is 8.33. The number of benzene rings is 3. The van der Waals surface area contributed by atoms with Gasteiger partial charge < -0.3 is 4.74 Å². The summed E-state index contributed by atoms with van der Waals surface area (Å²) < 4.78 is 5.76. The summed E-state index contributed by atoms with van der Waals surface area (Å²) in [5, 5.41) is -0.0411. The Morgan fingerprint density at radius 1 is 0.833 bits per heavy atom. The first-order chi connectivity index (χ1) is 14.3. The molecular formula is C25H25NO2S2. The molecular weight excluding hydrogens is 410 g/mol. The van der Waals surface area contributed by atoms with Crippen molar-refractivity contribution in [2.24, 2.45) is 0 Å². The second-order valence-corrected chi connectivity index (χ2v) is 8.90. The predicted octanol–water partition coefficient (Wildman–Crippen LogP) is 6.93. The highest BCUT2D eigenvalue weighted by atomic mass is 32.2. The van der Waals surface area contributed by atoms with Crippen molar-refractivity contribution in [3.05, 3.63) is 88.5 Å². The zero-order valence-electron chi connectivity index (χ0n) is 17.9. The minimum absolute atomic E-state index is 0.0411. The smallest absolute Gasteiger partial charge is 0.226 e. The van der Waals surface area contributed by atoms with Crippen molar-refractivity contribution in [1.29, 1.82) is 0 Å². The van der Waals surface area contributed by atoms with Crippen LogP contribution in [0.25, 0.3) is 0 Å². The SMILES string of the molecule is COc1ccc(N(C(=S)SC(=O)c2c(C)cc(C)cc2C)c2ccc(C)cc2)cc1. The molecule has 0 aliphatic carbocycles. The number of carbonyl (C=O) groups excluding carboxylic acids is 1. The Morgan fingerprint density at radius 3 is 1.83 bits per heavy atom. The Kier molecular flexibility index (Phi) is 6.95. The monoisotopic (exact) mass is 435 g/mol. The van der Waals surface area contributed by atoms with E-state index in [1.165, 1.54) is 0 Å². The molecule has 0 N–H and O–H groups in total. The standard InChI is InChI=1S/C25H25NO2S2/c1-16-6-8-20(9-7-16)26(21-10-12-22(28-5)13-11-21)25(29)30-24(27)23-18(3)14-17(2)15-19(23)4/h6-15H,1-5H3. The minimum atomic E-state index is -0.0411. The number of carbonyl (C=O) groups is 1. The van der Waals surface area contributed by atoms with Crippen molar-refractivity contribution in [3.63, 3.8) is 0 Å². The number of nitrogens with zero attached hydrogens (tertiary/aromatic N) is 1. The molecule has 0 amide bonds. The van der Waals surface area contributed by atoms with Gasteiger partial charge in [-0.25, -0.2) is 0 Å². The predicted molar refractivity (Wildman–Crippen MR) is 131 cm³/mol. The zero-order valence-corrected chi connectivity index (χ0v) is 19.5. The lowest BCUT2D eigenvalue weighted by Crippen LogP contribution is -2.23. The van der Waals surface area contributed by atoms with Crippen LogP contribution in [0.2, 0.25) is 0 Å². The summed E-state index contributed by atoms with van der Waals surface area (Å²) >= 11 is 6.84. The number of hydrogen-bond acceptors (Lipinski definition) is 4. The second kappa shape index (κ2) is 9.45. The largest absolute Gasteiger partial charge is 0.497 e. The van der Waals surface area contributed by atoms with Crippen LogP contribution in [0.5, 0.6) is 5.75 Å². The summed E-state index contributed by atoms with van der Waals surface area (Å²) in [7, 11) is 1.64. The third-order valence-corrected chi connectivity index (χ3v) is 6.05. The third kappa shape index (κ3) is 4.91. The van der Waals surface area contributed by atoms with Gasteiger partial charge in [-0.2, -0.15) is 0 Å². The number of anilines is 2. The summed E-state index contributed by atoms with van der Waals surface area (Å²) in [5.74, 6) is 0.767. The number of aryl methyl sites for hydroxylation is 4. The molecule has 3 aromatic carbocycles. The van der Waals surface area contributed by atoms with Crippen LogP contribution >= 0.6 is 24.0 Å². The van der Waals surface area contributed by atoms with Crippen molar-refractivity contribution in [2.45, 2.75) is 27.7 Å². The summed E-state index contributed by atoms with van der Waals surface area (Å²) in [6.45, 7) is 8.02. The van der Waals surface area contributed by atoms with Gasteiger partial charge in [0.05, 0.1) is 7.11 Å². The summed E-state index contributed by atoms with van der Waals surface area (Å²) in [4.78, 5) is 15.1. The summed E-state index contributed by atoms with van der Waals surface area (Å²) in [5.41, 5.74) is 6.77. The van der Waals surface area contributed by atoms with Crippen LogP contribution in [-0.4, -0.2) is 16.5 Å². The van der Waals surface area contributed by atoms with Gasteiger partial charge >= 0.3 is 0 Å². The van der Waals surface area contributed by atoms with Gasteiger partial charge in [0.25, 0.3) is 0 Å². The maximum atomic E-state index is 13.2. The molecule has 3 nitrogen and oxygen atoms in total. The van der Waals surface area contributed by atoms with E-state index in [0.717, 1.165) is 56.7 Å². The van der Waals surface area contributed by atoms with Crippen LogP contribution in [0.3, 0.4) is 0 Å². The Bertz CT molecular complexity index is 1050. The molecule has 0 spiro atoms. The van der Waals surface area contributed by atoms with Gasteiger partial charge in [0.15, 0.2) is 4.32 Å². The van der Waals surface area contributed by atoms with E-state index in [1.54, 1.807) is 7.11 Å². The number of hydrogen-bond donors (Lipinski definition) is 0. The van der Waals surface area contributed by atoms with Gasteiger partial charge in [-0.3, -0.25) is 9.69 Å². The fourth-order valence-corrected chi connectivity index (χ4v) is 4.79. The maximum Gasteiger partial charge on any atom is 0.226 e. The van der Waals surface area contributed by atoms with Crippen molar-refractivity contribution in [3.8, 4) is 5.75 Å². The average molecular weight is 436 g/mol. The van der Waals surface area contributed by atoms with E-state index in [9.17, 15) is 4.79 Å². The molecule has 0 atom stereocenters. The minimum Gasteiger partial charge on any atom is -0.497 e. The van der Waals surface area contributed by atoms with Gasteiger partial charge in [0.1, 0.15) is 5.75 Å². The van der Waals surface area contributed by atoms with E-state index in [0.29, 0.717) is 4.32 Å². The van der Waals surface area contributed by atoms with Crippen LogP contribution in [0.4, 0.5) is 11.4 Å². The van der Waals surface area contributed by atoms with E-state index in [2.05, 4.69) is 0 Å². The molecule has 30 heavy (non-hydrogen) atoms. The van der Waals surface area contributed by atoms with E-state index in [4.69, 9.17) is 17.0 Å². The molecule has 3 rings (SSSR count). The molecule has 0 unspecified atom stereocenters. The molecule has 0 aromatic heterocycles. The molecule has 0 radical (unpaired) electrons. The maximum absolute atomic E-state index is 13.2. The molecule has 0 aliphatic heterocycles. The van der Waals surface area contributed by atoms with Crippen molar-refractivity contribution in [1.82, 2.24) is 0 Å². The lowest BCUT2D eigenvalue weighted by Gasteiger charge is -2.25. The highest BCUT2D eigenvalue weighted by Gasteiger charge is 2.21. The van der Waals surface area contributed by atoms with Gasteiger partial charge in [-0.1, -0.05) is 47.6 Å². The van der Waals surface area contributed by atoms with Gasteiger partial charge in [-0.15, -0.1) is 0 Å². The molecule has 5 heteroatoms. The number of rotatable bonds is 4. The van der Waals surface area contributed by atoms with Crippen LogP contribution < -0.4 is 9.64 Å². The second-order valence-electron chi connectivity index (χ2n) is 7.30. The zero-order chi connectivity index (χ0) is 21.8. The first-order valence-corrected chi connectivity index (χ1v) is 10.9. The van der Waals surface area contributed by atoms with Crippen molar-refractivity contribution < 1.29 is 9.53 Å². The molecule has 0 fully saturated rings. The Labute approximate surface area is 188 Å². The van der Waals surface area contributed by atoms with E-state index >= 15 is 0 Å². The molecule has 3 aromatic rings. The first-order valence-electron chi connectivity index (χ1n) is 9.65. The molecule has 0 aliphatic rings. The van der Waals surface area contributed by atoms with Gasteiger partial charge in [0.2, 0.25) is 5.12 Å². The molecule has 0 saturated heterocycles. The van der Waals surface area contributed by atoms with Gasteiger partial charge in [-0.05, 0) is 87.0 Å². The lowest BCUT2D eigenvalue weighted by atomic mass is 10.0. The molecule has 0 saturated carbocycles. The Hall–Kier alpha value is -2.63. The topological polar surface area (TPSA) is 29.5 Å². The summed E-state index contributed by atoms with van der Waals surface area (Å²) in [6, 6.07) is 19.8. The fraction of sp³-hybridized carbons (Fsp3) is 0.200. The number of ether oxygens (including phenoxy) is 1. The van der Waals surface area contributed by atoms with Crippen LogP contribution in [-0.2, 0) is 0 Å². The highest BCUT2D eigenvalue weighted by Crippen LogP contribution is 2.33. The Morgan fingerprint density at radius 2 is 1.33 bits per heavy atom. The van der Waals surface area contributed by atoms with E-state index in [-0.39, 0.29) is 5.12 Å². The van der Waals surface area contributed by atoms with Crippen LogP contribution in [0, 0.1) is 27.7 Å². The van der Waals surface area contributed by atoms with Crippen LogP contribution in [0.15, 0.2) is 60.7 Å². The quantitative estimate of drug-likeness (QED) is 0.415. The number of methoxy groups -OCH3 is 1. The average Bonchev–Trinajstić information content (AvgIpc) is 2.69. The lowest BCUT2D eigenvalue weighted by molar-refractivity contribution is 0.108. The normalized spacial score (nSPS) is 10.6. The number of thiocarbonyl (C=S) groups is 1. The first kappa shape index (κ1) is 22.1. The van der Waals surface area contributed by atoms with Crippen molar-refractivity contribution in [2.75, 3.05) is 12.0 Å². The van der Waals surface area contributed by atoms with Crippen LogP contribution in [0.1, 0.15) is 32.6 Å². The third-order valence-electron chi connectivity index (χ3n) is 4.87. The summed E-state index contributed by atoms with van der Waals surface area (Å²) in [6.07, 6.45) is 0. The van der Waals surface area contributed by atoms with E-state index in [1.807, 2.05) is 93.3 Å². The fourth-order valence-electron chi connectivity index (χ4n) is 3.46. The number of thioether (sulfide) groups is 1. The molecule has 0 heterocycles. The van der Waals surface area contributed by atoms with Crippen molar-refractivity contribution >= 4 is 44.8 Å².